The molecular formula is C18H21N5O2. The Bertz CT molecular complexity index is 884. The average molecular weight is 339 g/mol. The zero-order valence-electron chi connectivity index (χ0n) is 14.8. The van der Waals surface area contributed by atoms with E-state index in [1.165, 1.54) is 0 Å². The molecule has 0 aliphatic heterocycles. The fraction of sp³-hybridized carbons (Fsp3) is 0.333. The quantitative estimate of drug-likeness (QED) is 0.737. The van der Waals surface area contributed by atoms with E-state index in [0.717, 1.165) is 17.7 Å². The van der Waals surface area contributed by atoms with Crippen LogP contribution in [0.2, 0.25) is 0 Å². The van der Waals surface area contributed by atoms with E-state index in [4.69, 9.17) is 9.47 Å². The second-order valence-corrected chi connectivity index (χ2v) is 5.68. The van der Waals surface area contributed by atoms with Crippen molar-refractivity contribution in [3.05, 3.63) is 30.6 Å². The lowest BCUT2D eigenvalue weighted by molar-refractivity contribution is 0.355. The molecule has 25 heavy (non-hydrogen) atoms. The lowest BCUT2D eigenvalue weighted by Gasteiger charge is -2.11. The number of aromatic nitrogens is 4. The third-order valence-electron chi connectivity index (χ3n) is 3.97. The van der Waals surface area contributed by atoms with Gasteiger partial charge in [0.05, 0.1) is 32.3 Å². The highest BCUT2D eigenvalue weighted by atomic mass is 16.5. The van der Waals surface area contributed by atoms with E-state index in [2.05, 4.69) is 39.1 Å². The average Bonchev–Trinajstić information content (AvgIpc) is 2.66. The summed E-state index contributed by atoms with van der Waals surface area (Å²) in [6.07, 6.45) is 4.37. The van der Waals surface area contributed by atoms with Gasteiger partial charge in [-0.2, -0.15) is 4.98 Å². The predicted octanol–water partition coefficient (Wildman–Crippen LogP) is 3.31. The summed E-state index contributed by atoms with van der Waals surface area (Å²) in [6.45, 7) is 4.19. The zero-order valence-corrected chi connectivity index (χ0v) is 14.8. The summed E-state index contributed by atoms with van der Waals surface area (Å²) in [5, 5.41) is 3.24. The van der Waals surface area contributed by atoms with E-state index in [9.17, 15) is 0 Å². The van der Waals surface area contributed by atoms with Crippen LogP contribution in [0.1, 0.15) is 20.3 Å². The molecule has 1 aromatic carbocycles. The Morgan fingerprint density at radius 1 is 1.04 bits per heavy atom. The predicted molar refractivity (Wildman–Crippen MR) is 97.0 cm³/mol. The lowest BCUT2D eigenvalue weighted by Crippen LogP contribution is -2.15. The number of rotatable bonds is 6. The number of nitrogens with one attached hydrogen (secondary N) is 1. The second-order valence-electron chi connectivity index (χ2n) is 5.68. The molecule has 7 nitrogen and oxygen atoms in total. The Balaban J connectivity index is 1.95. The minimum absolute atomic E-state index is 0.302. The fourth-order valence-electron chi connectivity index (χ4n) is 2.35. The van der Waals surface area contributed by atoms with Crippen LogP contribution in [-0.2, 0) is 0 Å². The van der Waals surface area contributed by atoms with Gasteiger partial charge >= 0.3 is 0 Å². The molecule has 0 fully saturated rings. The first-order chi connectivity index (χ1) is 12.1. The maximum absolute atomic E-state index is 5.34. The highest BCUT2D eigenvalue weighted by molar-refractivity contribution is 5.74. The van der Waals surface area contributed by atoms with Gasteiger partial charge in [0, 0.05) is 11.6 Å². The molecule has 0 amide bonds. The summed E-state index contributed by atoms with van der Waals surface area (Å²) in [4.78, 5) is 17.8. The van der Waals surface area contributed by atoms with Gasteiger partial charge in [-0.05, 0) is 31.5 Å². The molecule has 2 aromatic heterocycles. The molecule has 1 N–H and O–H groups in total. The molecule has 2 heterocycles. The lowest BCUT2D eigenvalue weighted by atomic mass is 10.1. The Kier molecular flexibility index (Phi) is 4.92. The second kappa shape index (κ2) is 7.29. The van der Waals surface area contributed by atoms with Gasteiger partial charge in [-0.3, -0.25) is 0 Å². The van der Waals surface area contributed by atoms with Gasteiger partial charge in [0.2, 0.25) is 5.95 Å². The molecule has 0 bridgehead atoms. The van der Waals surface area contributed by atoms with Crippen LogP contribution in [-0.4, -0.2) is 40.2 Å². The van der Waals surface area contributed by atoms with Gasteiger partial charge < -0.3 is 14.8 Å². The third-order valence-corrected chi connectivity index (χ3v) is 3.97. The van der Waals surface area contributed by atoms with Gasteiger partial charge in [-0.15, -0.1) is 0 Å². The minimum atomic E-state index is 0.302. The largest absolute Gasteiger partial charge is 0.493 e. The van der Waals surface area contributed by atoms with Crippen LogP contribution in [0.5, 0.6) is 11.5 Å². The summed E-state index contributed by atoms with van der Waals surface area (Å²) in [6, 6.07) is 5.93. The number of anilines is 1. The van der Waals surface area contributed by atoms with Crippen molar-refractivity contribution in [3.63, 3.8) is 0 Å². The van der Waals surface area contributed by atoms with E-state index in [1.807, 2.05) is 18.2 Å². The van der Waals surface area contributed by atoms with E-state index in [0.29, 0.717) is 34.7 Å². The number of methoxy groups -OCH3 is 2. The number of fused-ring (bicyclic) bond motifs is 1. The van der Waals surface area contributed by atoms with Gasteiger partial charge in [0.25, 0.3) is 0 Å². The first-order valence-corrected chi connectivity index (χ1v) is 8.13. The maximum Gasteiger partial charge on any atom is 0.225 e. The van der Waals surface area contributed by atoms with Crippen molar-refractivity contribution in [1.29, 1.82) is 0 Å². The van der Waals surface area contributed by atoms with Crippen molar-refractivity contribution in [2.45, 2.75) is 26.3 Å². The van der Waals surface area contributed by atoms with Crippen LogP contribution in [0, 0.1) is 0 Å². The molecule has 0 saturated heterocycles. The van der Waals surface area contributed by atoms with E-state index in [-0.39, 0.29) is 0 Å². The maximum atomic E-state index is 5.34. The molecule has 0 unspecified atom stereocenters. The summed E-state index contributed by atoms with van der Waals surface area (Å²) in [5.74, 6) is 1.88. The van der Waals surface area contributed by atoms with Crippen LogP contribution in [0.25, 0.3) is 22.4 Å². The Hall–Kier alpha value is -2.96. The van der Waals surface area contributed by atoms with E-state index >= 15 is 0 Å². The fourth-order valence-corrected chi connectivity index (χ4v) is 2.35. The molecule has 3 aromatic rings. The van der Waals surface area contributed by atoms with Crippen molar-refractivity contribution < 1.29 is 9.47 Å². The topological polar surface area (TPSA) is 82.1 Å². The molecule has 0 spiro atoms. The first-order valence-electron chi connectivity index (χ1n) is 8.13. The first kappa shape index (κ1) is 16.9. The number of hydrogen-bond acceptors (Lipinski definition) is 7. The van der Waals surface area contributed by atoms with Gasteiger partial charge in [-0.25, -0.2) is 15.0 Å². The van der Waals surface area contributed by atoms with Gasteiger partial charge in [-0.1, -0.05) is 6.92 Å². The zero-order chi connectivity index (χ0) is 17.8. The van der Waals surface area contributed by atoms with Crippen LogP contribution < -0.4 is 14.8 Å². The highest BCUT2D eigenvalue weighted by Crippen LogP contribution is 2.31. The number of hydrogen-bond donors (Lipinski definition) is 1. The van der Waals surface area contributed by atoms with E-state index < -0.39 is 0 Å². The number of nitrogens with zero attached hydrogens (tertiary/aromatic N) is 4. The Morgan fingerprint density at radius 3 is 2.56 bits per heavy atom. The van der Waals surface area contributed by atoms with Crippen LogP contribution in [0.4, 0.5) is 5.95 Å². The van der Waals surface area contributed by atoms with E-state index in [1.54, 1.807) is 26.6 Å². The van der Waals surface area contributed by atoms with Crippen molar-refractivity contribution >= 4 is 17.1 Å². The highest BCUT2D eigenvalue weighted by Gasteiger charge is 2.10. The molecule has 0 aliphatic rings. The van der Waals surface area contributed by atoms with Gasteiger partial charge in [0.15, 0.2) is 17.1 Å². The van der Waals surface area contributed by atoms with Crippen molar-refractivity contribution in [2.75, 3.05) is 19.5 Å². The Morgan fingerprint density at radius 2 is 1.84 bits per heavy atom. The number of benzene rings is 1. The van der Waals surface area contributed by atoms with Crippen molar-refractivity contribution in [2.24, 2.45) is 0 Å². The summed E-state index contributed by atoms with van der Waals surface area (Å²) in [7, 11) is 3.21. The molecule has 7 heteroatoms. The number of ether oxygens (including phenoxy) is 2. The molecule has 3 rings (SSSR count). The Labute approximate surface area is 146 Å². The molecule has 0 radical (unpaired) electrons. The minimum Gasteiger partial charge on any atom is -0.493 e. The van der Waals surface area contributed by atoms with Gasteiger partial charge in [0.1, 0.15) is 5.52 Å². The summed E-state index contributed by atoms with van der Waals surface area (Å²) >= 11 is 0. The smallest absolute Gasteiger partial charge is 0.225 e. The normalized spacial score (nSPS) is 12.0. The summed E-state index contributed by atoms with van der Waals surface area (Å²) < 4.78 is 10.6. The SMILES string of the molecule is CC[C@@H](C)Nc1ncc2nc(-c3ccc(OC)c(OC)c3)cnc2n1. The molecule has 1 atom stereocenters. The van der Waals surface area contributed by atoms with Crippen LogP contribution >= 0.6 is 0 Å². The van der Waals surface area contributed by atoms with Crippen molar-refractivity contribution in [3.8, 4) is 22.8 Å². The molecule has 0 saturated carbocycles. The molecule has 130 valence electrons. The van der Waals surface area contributed by atoms with Crippen LogP contribution in [0.3, 0.4) is 0 Å². The molecule has 0 aliphatic carbocycles. The monoisotopic (exact) mass is 339 g/mol. The standard InChI is InChI=1S/C18H21N5O2/c1-5-11(2)21-18-20-10-14-17(23-18)19-9-13(22-14)12-6-7-15(24-3)16(8-12)25-4/h6-11H,5H2,1-4H3,(H,19,20,21,23)/t11-/m1/s1. The summed E-state index contributed by atoms with van der Waals surface area (Å²) in [5.41, 5.74) is 2.81. The van der Waals surface area contributed by atoms with Crippen LogP contribution in [0.15, 0.2) is 30.6 Å². The third kappa shape index (κ3) is 3.60. The van der Waals surface area contributed by atoms with Crippen molar-refractivity contribution in [1.82, 2.24) is 19.9 Å². The molecular weight excluding hydrogens is 318 g/mol.